The van der Waals surface area contributed by atoms with Gasteiger partial charge in [-0.25, -0.2) is 4.98 Å². The Morgan fingerprint density at radius 1 is 1.05 bits per heavy atom. The van der Waals surface area contributed by atoms with Crippen molar-refractivity contribution in [1.29, 1.82) is 0 Å². The highest BCUT2D eigenvalue weighted by molar-refractivity contribution is 5.79. The minimum atomic E-state index is -0.936. The average Bonchev–Trinajstić information content (AvgIpc) is 2.66. The summed E-state index contributed by atoms with van der Waals surface area (Å²) in [6.45, 7) is 0. The fraction of sp³-hybridized carbons (Fsp3) is 0.0833. The van der Waals surface area contributed by atoms with Crippen LogP contribution >= 0.6 is 0 Å². The Morgan fingerprint density at radius 2 is 1.74 bits per heavy atom. The quantitative estimate of drug-likeness (QED) is 0.720. The number of imidazole rings is 1. The summed E-state index contributed by atoms with van der Waals surface area (Å²) in [6.07, 6.45) is 0. The van der Waals surface area contributed by atoms with Crippen molar-refractivity contribution in [1.82, 2.24) is 19.5 Å². The Balaban J connectivity index is 2.03. The Labute approximate surface area is 106 Å². The van der Waals surface area contributed by atoms with E-state index in [9.17, 15) is 8.78 Å². The lowest BCUT2D eigenvalue weighted by atomic mass is 10.3. The summed E-state index contributed by atoms with van der Waals surface area (Å²) in [7, 11) is 1.79. The molecule has 1 aromatic carbocycles. The zero-order valence-electron chi connectivity index (χ0n) is 9.93. The van der Waals surface area contributed by atoms with Crippen molar-refractivity contribution in [2.45, 2.75) is 0 Å². The van der Waals surface area contributed by atoms with Gasteiger partial charge in [0.2, 0.25) is 23.8 Å². The summed E-state index contributed by atoms with van der Waals surface area (Å²) in [5.41, 5.74) is 1.66. The number of rotatable bonds is 2. The smallest absolute Gasteiger partial charge is 0.234 e. The van der Waals surface area contributed by atoms with E-state index in [0.717, 1.165) is 11.0 Å². The van der Waals surface area contributed by atoms with E-state index in [4.69, 9.17) is 0 Å². The fourth-order valence-corrected chi connectivity index (χ4v) is 1.80. The molecule has 96 valence electrons. The number of nitrogens with zero attached hydrogens (tertiary/aromatic N) is 4. The molecule has 2 heterocycles. The zero-order valence-corrected chi connectivity index (χ0v) is 9.93. The van der Waals surface area contributed by atoms with Crippen LogP contribution < -0.4 is 5.32 Å². The first-order chi connectivity index (χ1) is 9.13. The molecule has 0 radical (unpaired) electrons. The topological polar surface area (TPSA) is 55.6 Å². The van der Waals surface area contributed by atoms with Crippen LogP contribution in [0, 0.1) is 11.9 Å². The predicted molar refractivity (Wildman–Crippen MR) is 65.9 cm³/mol. The number of hydrogen-bond acceptors (Lipinski definition) is 4. The first-order valence-corrected chi connectivity index (χ1v) is 5.52. The molecule has 0 unspecified atom stereocenters. The number of halogens is 2. The number of hydrogen-bond donors (Lipinski definition) is 1. The molecular formula is C12H9F2N5. The van der Waals surface area contributed by atoms with E-state index < -0.39 is 11.9 Å². The molecule has 0 atom stereocenters. The van der Waals surface area contributed by atoms with Crippen LogP contribution in [0.3, 0.4) is 0 Å². The second-order valence-corrected chi connectivity index (χ2v) is 3.95. The lowest BCUT2D eigenvalue weighted by Crippen LogP contribution is -2.05. The van der Waals surface area contributed by atoms with Crippen LogP contribution in [-0.2, 0) is 7.05 Å². The molecule has 0 fully saturated rings. The molecule has 0 aliphatic heterocycles. The third-order valence-electron chi connectivity index (χ3n) is 2.67. The molecule has 0 saturated heterocycles. The molecule has 5 nitrogen and oxygen atoms in total. The van der Waals surface area contributed by atoms with Gasteiger partial charge in [0.15, 0.2) is 0 Å². The van der Waals surface area contributed by atoms with Gasteiger partial charge in [0.1, 0.15) is 0 Å². The van der Waals surface area contributed by atoms with Crippen LogP contribution in [0.1, 0.15) is 0 Å². The van der Waals surface area contributed by atoms with Gasteiger partial charge in [0, 0.05) is 13.1 Å². The molecule has 0 amide bonds. The van der Waals surface area contributed by atoms with Crippen molar-refractivity contribution in [2.75, 3.05) is 5.32 Å². The Morgan fingerprint density at radius 3 is 2.42 bits per heavy atom. The molecule has 3 rings (SSSR count). The normalized spacial score (nSPS) is 10.9. The molecule has 0 bridgehead atoms. The summed E-state index contributed by atoms with van der Waals surface area (Å²) in [5, 5.41) is 2.69. The molecule has 0 saturated carbocycles. The molecule has 2 aromatic heterocycles. The summed E-state index contributed by atoms with van der Waals surface area (Å²) < 4.78 is 27.7. The molecule has 3 aromatic rings. The number of aromatic nitrogens is 4. The second kappa shape index (κ2) is 4.27. The molecule has 7 heteroatoms. The highest BCUT2D eigenvalue weighted by Crippen LogP contribution is 2.19. The van der Waals surface area contributed by atoms with E-state index in [1.165, 1.54) is 0 Å². The Bertz CT molecular complexity index is 733. The van der Waals surface area contributed by atoms with E-state index in [2.05, 4.69) is 20.3 Å². The van der Waals surface area contributed by atoms with Crippen molar-refractivity contribution in [3.8, 4) is 0 Å². The molecule has 19 heavy (non-hydrogen) atoms. The maximum Gasteiger partial charge on any atom is 0.234 e. The van der Waals surface area contributed by atoms with Crippen molar-refractivity contribution >= 4 is 22.9 Å². The van der Waals surface area contributed by atoms with Gasteiger partial charge in [-0.1, -0.05) is 12.1 Å². The second-order valence-electron chi connectivity index (χ2n) is 3.95. The number of anilines is 2. The lowest BCUT2D eigenvalue weighted by molar-refractivity contribution is 0.528. The first kappa shape index (κ1) is 11.5. The first-order valence-electron chi connectivity index (χ1n) is 5.52. The van der Waals surface area contributed by atoms with Crippen molar-refractivity contribution < 1.29 is 8.78 Å². The highest BCUT2D eigenvalue weighted by Gasteiger charge is 2.10. The van der Waals surface area contributed by atoms with Gasteiger partial charge in [-0.15, -0.1) is 0 Å². The van der Waals surface area contributed by atoms with E-state index in [1.807, 2.05) is 24.3 Å². The minimum absolute atomic E-state index is 0.170. The standard InChI is InChI=1S/C12H9F2N5/c1-19-8-5-3-2-4-7(8)15-12(19)18-11-16-9(13)6-10(14)17-11/h2-6H,1H3,(H,15,16,17,18). The molecular weight excluding hydrogens is 252 g/mol. The van der Waals surface area contributed by atoms with E-state index in [1.54, 1.807) is 11.6 Å². The predicted octanol–water partition coefficient (Wildman–Crippen LogP) is 2.39. The van der Waals surface area contributed by atoms with Crippen LogP contribution in [0.5, 0.6) is 0 Å². The van der Waals surface area contributed by atoms with Gasteiger partial charge >= 0.3 is 0 Å². The molecule has 0 aliphatic carbocycles. The number of nitrogens with one attached hydrogen (secondary N) is 1. The van der Waals surface area contributed by atoms with Crippen molar-refractivity contribution in [3.63, 3.8) is 0 Å². The maximum absolute atomic E-state index is 13.0. The summed E-state index contributed by atoms with van der Waals surface area (Å²) >= 11 is 0. The van der Waals surface area contributed by atoms with Gasteiger partial charge < -0.3 is 4.57 Å². The van der Waals surface area contributed by atoms with Crippen LogP contribution in [0.2, 0.25) is 0 Å². The fourth-order valence-electron chi connectivity index (χ4n) is 1.80. The SMILES string of the molecule is Cn1c(Nc2nc(F)cc(F)n2)nc2ccccc21. The van der Waals surface area contributed by atoms with Gasteiger partial charge in [-0.05, 0) is 12.1 Å². The van der Waals surface area contributed by atoms with Gasteiger partial charge in [0.05, 0.1) is 11.0 Å². The summed E-state index contributed by atoms with van der Waals surface area (Å²) in [4.78, 5) is 11.2. The van der Waals surface area contributed by atoms with Crippen LogP contribution in [0.15, 0.2) is 30.3 Å². The highest BCUT2D eigenvalue weighted by atomic mass is 19.1. The third kappa shape index (κ3) is 2.10. The van der Waals surface area contributed by atoms with Crippen LogP contribution in [0.25, 0.3) is 11.0 Å². The van der Waals surface area contributed by atoms with Gasteiger partial charge in [-0.2, -0.15) is 18.7 Å². The van der Waals surface area contributed by atoms with Crippen molar-refractivity contribution in [2.24, 2.45) is 7.05 Å². The Hall–Kier alpha value is -2.57. The van der Waals surface area contributed by atoms with Crippen LogP contribution in [0.4, 0.5) is 20.7 Å². The zero-order chi connectivity index (χ0) is 13.4. The van der Waals surface area contributed by atoms with E-state index in [-0.39, 0.29) is 5.95 Å². The largest absolute Gasteiger partial charge is 0.313 e. The molecule has 0 spiro atoms. The maximum atomic E-state index is 13.0. The monoisotopic (exact) mass is 261 g/mol. The van der Waals surface area contributed by atoms with Crippen molar-refractivity contribution in [3.05, 3.63) is 42.2 Å². The third-order valence-corrected chi connectivity index (χ3v) is 2.67. The average molecular weight is 261 g/mol. The van der Waals surface area contributed by atoms with Gasteiger partial charge in [-0.3, -0.25) is 5.32 Å². The minimum Gasteiger partial charge on any atom is -0.313 e. The van der Waals surface area contributed by atoms with Crippen LogP contribution in [-0.4, -0.2) is 19.5 Å². The molecule has 1 N–H and O–H groups in total. The summed E-state index contributed by atoms with van der Waals surface area (Å²) in [5.74, 6) is -1.63. The Kier molecular flexibility index (Phi) is 2.59. The summed E-state index contributed by atoms with van der Waals surface area (Å²) in [6, 6.07) is 8.08. The van der Waals surface area contributed by atoms with E-state index >= 15 is 0 Å². The molecule has 0 aliphatic rings. The number of fused-ring (bicyclic) bond motifs is 1. The number of aryl methyl sites for hydroxylation is 1. The number of benzene rings is 1. The van der Waals surface area contributed by atoms with E-state index in [0.29, 0.717) is 12.0 Å². The van der Waals surface area contributed by atoms with Gasteiger partial charge in [0.25, 0.3) is 0 Å². The number of para-hydroxylation sites is 2. The lowest BCUT2D eigenvalue weighted by Gasteiger charge is -2.04.